The Bertz CT molecular complexity index is 531. The lowest BCUT2D eigenvalue weighted by atomic mass is 10.1. The molecule has 4 heteroatoms. The number of amides is 1. The van der Waals surface area contributed by atoms with Crippen LogP contribution in [0.3, 0.4) is 0 Å². The van der Waals surface area contributed by atoms with Crippen molar-refractivity contribution in [1.29, 1.82) is 0 Å². The van der Waals surface area contributed by atoms with Crippen LogP contribution in [-0.2, 0) is 0 Å². The molecule has 1 aromatic carbocycles. The Kier molecular flexibility index (Phi) is 7.49. The average Bonchev–Trinajstić information content (AvgIpc) is 2.49. The normalized spacial score (nSPS) is 9.90. The van der Waals surface area contributed by atoms with E-state index in [0.717, 1.165) is 12.8 Å². The smallest absolute Gasteiger partial charge is 0.255 e. The summed E-state index contributed by atoms with van der Waals surface area (Å²) >= 11 is 0. The summed E-state index contributed by atoms with van der Waals surface area (Å²) in [7, 11) is 0. The molecular formula is C17H22FNO2. The first-order valence-corrected chi connectivity index (χ1v) is 7.32. The van der Waals surface area contributed by atoms with Crippen LogP contribution in [0.15, 0.2) is 18.2 Å². The third-order valence-corrected chi connectivity index (χ3v) is 3.12. The number of rotatable bonds is 6. The zero-order chi connectivity index (χ0) is 15.7. The van der Waals surface area contributed by atoms with Gasteiger partial charge in [-0.05, 0) is 31.5 Å². The molecule has 0 saturated heterocycles. The van der Waals surface area contributed by atoms with Gasteiger partial charge in [0.1, 0.15) is 5.82 Å². The van der Waals surface area contributed by atoms with Gasteiger partial charge < -0.3 is 10.0 Å². The Morgan fingerprint density at radius 1 is 1.38 bits per heavy atom. The molecule has 0 spiro atoms. The number of aliphatic hydroxyl groups excluding tert-OH is 1. The van der Waals surface area contributed by atoms with Gasteiger partial charge in [0.25, 0.3) is 5.91 Å². The Labute approximate surface area is 125 Å². The van der Waals surface area contributed by atoms with Crippen molar-refractivity contribution < 1.29 is 14.3 Å². The molecule has 0 fully saturated rings. The summed E-state index contributed by atoms with van der Waals surface area (Å²) < 4.78 is 13.5. The highest BCUT2D eigenvalue weighted by Crippen LogP contribution is 2.14. The second kappa shape index (κ2) is 9.15. The zero-order valence-electron chi connectivity index (χ0n) is 12.7. The first-order valence-electron chi connectivity index (χ1n) is 7.32. The number of halogens is 1. The minimum atomic E-state index is -0.447. The largest absolute Gasteiger partial charge is 0.395 e. The number of hydrogen-bond donors (Lipinski definition) is 1. The van der Waals surface area contributed by atoms with E-state index in [1.807, 2.05) is 6.92 Å². The van der Waals surface area contributed by atoms with E-state index in [9.17, 15) is 9.18 Å². The standard InChI is InChI=1S/C17H22FNO2/c1-3-5-11-19(4-2)17(21)16-13-15(18)10-9-14(16)8-6-7-12-20/h9-10,13,20H,3-5,7,11-12H2,1-2H3. The van der Waals surface area contributed by atoms with Crippen molar-refractivity contribution >= 4 is 5.91 Å². The molecule has 0 aromatic heterocycles. The van der Waals surface area contributed by atoms with Crippen molar-refractivity contribution in [2.45, 2.75) is 33.1 Å². The summed E-state index contributed by atoms with van der Waals surface area (Å²) in [4.78, 5) is 14.2. The van der Waals surface area contributed by atoms with Gasteiger partial charge in [-0.15, -0.1) is 0 Å². The summed E-state index contributed by atoms with van der Waals surface area (Å²) in [6.07, 6.45) is 2.24. The van der Waals surface area contributed by atoms with E-state index in [2.05, 4.69) is 18.8 Å². The second-order valence-electron chi connectivity index (χ2n) is 4.70. The van der Waals surface area contributed by atoms with E-state index >= 15 is 0 Å². The molecule has 0 heterocycles. The predicted octanol–water partition coefficient (Wildman–Crippen LogP) is 2.82. The van der Waals surface area contributed by atoms with Crippen molar-refractivity contribution in [3.63, 3.8) is 0 Å². The van der Waals surface area contributed by atoms with Crippen molar-refractivity contribution in [3.05, 3.63) is 35.1 Å². The maximum atomic E-state index is 13.5. The van der Waals surface area contributed by atoms with Crippen molar-refractivity contribution in [2.24, 2.45) is 0 Å². The number of hydrogen-bond acceptors (Lipinski definition) is 2. The lowest BCUT2D eigenvalue weighted by molar-refractivity contribution is 0.0761. The quantitative estimate of drug-likeness (QED) is 0.819. The van der Waals surface area contributed by atoms with E-state index in [0.29, 0.717) is 30.6 Å². The predicted molar refractivity (Wildman–Crippen MR) is 81.5 cm³/mol. The first kappa shape index (κ1) is 17.2. The van der Waals surface area contributed by atoms with Gasteiger partial charge in [0.2, 0.25) is 0 Å². The molecule has 1 rings (SSSR count). The molecule has 114 valence electrons. The van der Waals surface area contributed by atoms with E-state index < -0.39 is 5.82 Å². The van der Waals surface area contributed by atoms with Crippen LogP contribution in [0.2, 0.25) is 0 Å². The number of carbonyl (C=O) groups is 1. The average molecular weight is 291 g/mol. The highest BCUT2D eigenvalue weighted by Gasteiger charge is 2.17. The third-order valence-electron chi connectivity index (χ3n) is 3.12. The van der Waals surface area contributed by atoms with Gasteiger partial charge in [0, 0.05) is 25.1 Å². The Balaban J connectivity index is 3.06. The Morgan fingerprint density at radius 2 is 2.14 bits per heavy atom. The minimum absolute atomic E-state index is 0.0327. The molecule has 1 amide bonds. The molecule has 21 heavy (non-hydrogen) atoms. The highest BCUT2D eigenvalue weighted by molar-refractivity contribution is 5.96. The number of nitrogens with zero attached hydrogens (tertiary/aromatic N) is 1. The molecule has 0 aliphatic carbocycles. The molecule has 0 bridgehead atoms. The van der Waals surface area contributed by atoms with Crippen LogP contribution >= 0.6 is 0 Å². The fraction of sp³-hybridized carbons (Fsp3) is 0.471. The monoisotopic (exact) mass is 291 g/mol. The first-order chi connectivity index (χ1) is 10.1. The molecule has 1 aromatic rings. The van der Waals surface area contributed by atoms with Gasteiger partial charge in [0.15, 0.2) is 0 Å². The van der Waals surface area contributed by atoms with E-state index in [1.165, 1.54) is 18.2 Å². The molecule has 0 atom stereocenters. The fourth-order valence-electron chi connectivity index (χ4n) is 1.94. The molecule has 1 N–H and O–H groups in total. The second-order valence-corrected chi connectivity index (χ2v) is 4.70. The van der Waals surface area contributed by atoms with Crippen molar-refractivity contribution in [3.8, 4) is 11.8 Å². The topological polar surface area (TPSA) is 40.5 Å². The summed E-state index contributed by atoms with van der Waals surface area (Å²) in [5.74, 6) is 4.96. The molecule has 0 aliphatic heterocycles. The summed E-state index contributed by atoms with van der Waals surface area (Å²) in [6.45, 7) is 5.18. The number of aliphatic hydroxyl groups is 1. The summed E-state index contributed by atoms with van der Waals surface area (Å²) in [6, 6.07) is 4.04. The van der Waals surface area contributed by atoms with Crippen LogP contribution in [0, 0.1) is 17.7 Å². The third kappa shape index (κ3) is 5.20. The molecule has 0 unspecified atom stereocenters. The minimum Gasteiger partial charge on any atom is -0.395 e. The molecule has 0 saturated carbocycles. The SMILES string of the molecule is CCCCN(CC)C(=O)c1cc(F)ccc1C#CCCO. The van der Waals surface area contributed by atoms with Gasteiger partial charge in [-0.2, -0.15) is 0 Å². The lowest BCUT2D eigenvalue weighted by Gasteiger charge is -2.21. The van der Waals surface area contributed by atoms with Crippen molar-refractivity contribution in [1.82, 2.24) is 4.90 Å². The van der Waals surface area contributed by atoms with Crippen LogP contribution in [0.1, 0.15) is 49.0 Å². The Hall–Kier alpha value is -1.86. The fourth-order valence-corrected chi connectivity index (χ4v) is 1.94. The maximum absolute atomic E-state index is 13.5. The van der Waals surface area contributed by atoms with Crippen LogP contribution in [0.4, 0.5) is 4.39 Å². The van der Waals surface area contributed by atoms with Crippen LogP contribution in [0.25, 0.3) is 0 Å². The lowest BCUT2D eigenvalue weighted by Crippen LogP contribution is -2.32. The molecule has 3 nitrogen and oxygen atoms in total. The number of benzene rings is 1. The zero-order valence-corrected chi connectivity index (χ0v) is 12.7. The van der Waals surface area contributed by atoms with Gasteiger partial charge >= 0.3 is 0 Å². The molecule has 0 aliphatic rings. The van der Waals surface area contributed by atoms with Gasteiger partial charge in [-0.25, -0.2) is 4.39 Å². The number of unbranched alkanes of at least 4 members (excludes halogenated alkanes) is 1. The molecule has 0 radical (unpaired) electrons. The highest BCUT2D eigenvalue weighted by atomic mass is 19.1. The number of carbonyl (C=O) groups excluding carboxylic acids is 1. The Morgan fingerprint density at radius 3 is 2.76 bits per heavy atom. The van der Waals surface area contributed by atoms with Gasteiger partial charge in [0.05, 0.1) is 12.2 Å². The maximum Gasteiger partial charge on any atom is 0.255 e. The van der Waals surface area contributed by atoms with Crippen LogP contribution in [0.5, 0.6) is 0 Å². The van der Waals surface area contributed by atoms with Crippen LogP contribution in [-0.4, -0.2) is 35.6 Å². The van der Waals surface area contributed by atoms with Gasteiger partial charge in [-0.3, -0.25) is 4.79 Å². The van der Waals surface area contributed by atoms with Gasteiger partial charge in [-0.1, -0.05) is 25.2 Å². The molecular weight excluding hydrogens is 269 g/mol. The van der Waals surface area contributed by atoms with E-state index in [1.54, 1.807) is 4.90 Å². The van der Waals surface area contributed by atoms with Crippen molar-refractivity contribution in [2.75, 3.05) is 19.7 Å². The van der Waals surface area contributed by atoms with E-state index in [4.69, 9.17) is 5.11 Å². The van der Waals surface area contributed by atoms with Crippen LogP contribution < -0.4 is 0 Å². The van der Waals surface area contributed by atoms with E-state index in [-0.39, 0.29) is 12.5 Å². The summed E-state index contributed by atoms with van der Waals surface area (Å²) in [5, 5.41) is 8.75. The summed E-state index contributed by atoms with van der Waals surface area (Å²) in [5.41, 5.74) is 0.795.